The largest absolute Gasteiger partial charge is 0.371 e. The average Bonchev–Trinajstić information content (AvgIpc) is 3.40. The highest BCUT2D eigenvalue weighted by atomic mass is 32.2. The Morgan fingerprint density at radius 1 is 1.19 bits per heavy atom. The molecular weight excluding hydrogens is 346 g/mol. The van der Waals surface area contributed by atoms with Gasteiger partial charge in [-0.1, -0.05) is 6.07 Å². The van der Waals surface area contributed by atoms with E-state index in [0.717, 1.165) is 36.1 Å². The molecule has 136 valence electrons. The summed E-state index contributed by atoms with van der Waals surface area (Å²) >= 11 is 1.73. The van der Waals surface area contributed by atoms with Crippen molar-refractivity contribution in [2.24, 2.45) is 0 Å². The Labute approximate surface area is 157 Å². The van der Waals surface area contributed by atoms with E-state index in [4.69, 9.17) is 0 Å². The fourth-order valence-electron chi connectivity index (χ4n) is 3.27. The van der Waals surface area contributed by atoms with Gasteiger partial charge in [-0.15, -0.1) is 16.9 Å². The molecule has 8 heteroatoms. The summed E-state index contributed by atoms with van der Waals surface area (Å²) in [5.74, 6) is 1.01. The molecule has 0 amide bonds. The second-order valence-corrected chi connectivity index (χ2v) is 7.46. The van der Waals surface area contributed by atoms with E-state index >= 15 is 0 Å². The van der Waals surface area contributed by atoms with Crippen LogP contribution >= 0.6 is 11.8 Å². The zero-order valence-corrected chi connectivity index (χ0v) is 15.4. The average molecular weight is 369 g/mol. The third-order valence-corrected chi connectivity index (χ3v) is 5.54. The number of hydrogen-bond acceptors (Lipinski definition) is 6. The molecule has 1 saturated heterocycles. The quantitative estimate of drug-likeness (QED) is 0.492. The highest BCUT2D eigenvalue weighted by Crippen LogP contribution is 2.22. The summed E-state index contributed by atoms with van der Waals surface area (Å²) in [5, 5.41) is 19.5. The van der Waals surface area contributed by atoms with E-state index in [1.54, 1.807) is 18.0 Å². The van der Waals surface area contributed by atoms with Gasteiger partial charge in [0.2, 0.25) is 0 Å². The maximum absolute atomic E-state index is 4.32. The fraction of sp³-hybridized carbons (Fsp3) is 0.389. The molecule has 0 radical (unpaired) electrons. The molecule has 0 bridgehead atoms. The lowest BCUT2D eigenvalue weighted by Crippen LogP contribution is -2.43. The molecule has 0 aliphatic carbocycles. The maximum atomic E-state index is 4.32. The van der Waals surface area contributed by atoms with Gasteiger partial charge in [-0.3, -0.25) is 0 Å². The molecule has 1 aliphatic rings. The number of hydrogen-bond donors (Lipinski definition) is 2. The molecule has 7 nitrogen and oxygen atoms in total. The van der Waals surface area contributed by atoms with Crippen LogP contribution in [0.3, 0.4) is 0 Å². The second kappa shape index (κ2) is 8.37. The predicted molar refractivity (Wildman–Crippen MR) is 104 cm³/mol. The van der Waals surface area contributed by atoms with Gasteiger partial charge in [0.15, 0.2) is 0 Å². The van der Waals surface area contributed by atoms with Crippen LogP contribution in [0.4, 0.5) is 5.69 Å². The summed E-state index contributed by atoms with van der Waals surface area (Å²) in [6.07, 6.45) is 7.89. The molecule has 1 aromatic carbocycles. The number of nitrogens with zero attached hydrogens (tertiary/aromatic N) is 5. The van der Waals surface area contributed by atoms with Crippen molar-refractivity contribution < 1.29 is 0 Å². The third-order valence-electron chi connectivity index (χ3n) is 4.64. The Kier molecular flexibility index (Phi) is 5.51. The molecule has 0 spiro atoms. The molecule has 3 aromatic rings. The summed E-state index contributed by atoms with van der Waals surface area (Å²) in [6, 6.07) is 11.2. The van der Waals surface area contributed by atoms with Crippen molar-refractivity contribution in [1.29, 1.82) is 0 Å². The zero-order valence-electron chi connectivity index (χ0n) is 14.6. The van der Waals surface area contributed by atoms with Gasteiger partial charge in [0, 0.05) is 49.5 Å². The number of H-pyrrole nitrogens is 1. The number of benzene rings is 1. The summed E-state index contributed by atoms with van der Waals surface area (Å²) < 4.78 is 1.91. The van der Waals surface area contributed by atoms with E-state index < -0.39 is 0 Å². The van der Waals surface area contributed by atoms with Crippen LogP contribution in [0.2, 0.25) is 0 Å². The minimum absolute atomic E-state index is 0.596. The van der Waals surface area contributed by atoms with Crippen LogP contribution in [0.15, 0.2) is 53.9 Å². The van der Waals surface area contributed by atoms with E-state index in [0.29, 0.717) is 6.04 Å². The Balaban J connectivity index is 1.24. The zero-order chi connectivity index (χ0) is 17.6. The van der Waals surface area contributed by atoms with Gasteiger partial charge in [-0.2, -0.15) is 15.4 Å². The third kappa shape index (κ3) is 4.25. The van der Waals surface area contributed by atoms with E-state index in [-0.39, 0.29) is 0 Å². The number of nitrogens with one attached hydrogen (secondary N) is 2. The Morgan fingerprint density at radius 3 is 2.85 bits per heavy atom. The number of thioether (sulfide) groups is 1. The van der Waals surface area contributed by atoms with Crippen molar-refractivity contribution in [2.75, 3.05) is 30.3 Å². The highest BCUT2D eigenvalue weighted by Gasteiger charge is 2.19. The lowest BCUT2D eigenvalue weighted by Gasteiger charge is -2.34. The fourth-order valence-corrected chi connectivity index (χ4v) is 3.94. The topological polar surface area (TPSA) is 74.7 Å². The number of aromatic amines is 1. The Morgan fingerprint density at radius 2 is 2.08 bits per heavy atom. The van der Waals surface area contributed by atoms with Crippen LogP contribution in [0.1, 0.15) is 12.8 Å². The molecule has 2 aromatic heterocycles. The molecular formula is C18H23N7S. The first-order chi connectivity index (χ1) is 12.9. The van der Waals surface area contributed by atoms with Crippen LogP contribution in [0, 0.1) is 0 Å². The van der Waals surface area contributed by atoms with Crippen molar-refractivity contribution in [3.05, 3.63) is 48.9 Å². The van der Waals surface area contributed by atoms with Crippen LogP contribution in [0.25, 0.3) is 5.69 Å². The van der Waals surface area contributed by atoms with Crippen LogP contribution < -0.4 is 10.2 Å². The molecule has 26 heavy (non-hydrogen) atoms. The van der Waals surface area contributed by atoms with Gasteiger partial charge in [-0.05, 0) is 37.1 Å². The first kappa shape index (κ1) is 17.1. The molecule has 1 fully saturated rings. The van der Waals surface area contributed by atoms with Gasteiger partial charge in [0.05, 0.1) is 11.9 Å². The van der Waals surface area contributed by atoms with Gasteiger partial charge >= 0.3 is 0 Å². The Bertz CT molecular complexity index is 780. The molecule has 4 rings (SSSR count). The van der Waals surface area contributed by atoms with Gasteiger partial charge in [0.1, 0.15) is 5.03 Å². The van der Waals surface area contributed by atoms with Gasteiger partial charge in [0.25, 0.3) is 0 Å². The molecule has 1 aliphatic heterocycles. The van der Waals surface area contributed by atoms with E-state index in [1.165, 1.54) is 18.5 Å². The molecule has 0 atom stereocenters. The molecule has 0 unspecified atom stereocenters. The van der Waals surface area contributed by atoms with Crippen LogP contribution in [-0.4, -0.2) is 56.6 Å². The summed E-state index contributed by atoms with van der Waals surface area (Å²) in [5.41, 5.74) is 2.38. The Hall–Kier alpha value is -2.32. The lowest BCUT2D eigenvalue weighted by atomic mass is 10.0. The van der Waals surface area contributed by atoms with Crippen molar-refractivity contribution in [2.45, 2.75) is 23.9 Å². The monoisotopic (exact) mass is 369 g/mol. The molecule has 3 heterocycles. The van der Waals surface area contributed by atoms with Gasteiger partial charge in [-0.25, -0.2) is 4.68 Å². The first-order valence-corrected chi connectivity index (χ1v) is 9.94. The van der Waals surface area contributed by atoms with Gasteiger partial charge < -0.3 is 10.2 Å². The van der Waals surface area contributed by atoms with Crippen LogP contribution in [-0.2, 0) is 0 Å². The smallest absolute Gasteiger partial charge is 0.138 e. The first-order valence-electron chi connectivity index (χ1n) is 8.95. The van der Waals surface area contributed by atoms with E-state index in [9.17, 15) is 0 Å². The van der Waals surface area contributed by atoms with Crippen LogP contribution in [0.5, 0.6) is 0 Å². The molecule has 0 saturated carbocycles. The van der Waals surface area contributed by atoms with E-state index in [2.05, 4.69) is 55.0 Å². The second-order valence-electron chi connectivity index (χ2n) is 6.34. The standard InChI is InChI=1S/C18H23N7S/c1-3-16(13-17(4-1)25-9-2-7-21-25)24-10-5-15(6-11-24)19-8-12-26-18-14-20-23-22-18/h1-4,7,9,13-15,19H,5-6,8,10-12H2,(H,20,22,23). The van der Waals surface area contributed by atoms with Crippen molar-refractivity contribution >= 4 is 17.4 Å². The lowest BCUT2D eigenvalue weighted by molar-refractivity contribution is 0.425. The van der Waals surface area contributed by atoms with Crippen molar-refractivity contribution in [3.8, 4) is 5.69 Å². The number of aromatic nitrogens is 5. The highest BCUT2D eigenvalue weighted by molar-refractivity contribution is 7.99. The summed E-state index contributed by atoms with van der Waals surface area (Å²) in [7, 11) is 0. The number of piperidine rings is 1. The predicted octanol–water partition coefficient (Wildman–Crippen LogP) is 2.34. The number of rotatable bonds is 7. The maximum Gasteiger partial charge on any atom is 0.138 e. The van der Waals surface area contributed by atoms with Crippen molar-refractivity contribution in [3.63, 3.8) is 0 Å². The normalized spacial score (nSPS) is 15.5. The molecule has 2 N–H and O–H groups in total. The SMILES string of the molecule is c1cc(N2CCC(NCCSc3cn[nH]n3)CC2)cc(-n2cccn2)c1. The minimum atomic E-state index is 0.596. The van der Waals surface area contributed by atoms with E-state index in [1.807, 2.05) is 23.1 Å². The number of anilines is 1. The van der Waals surface area contributed by atoms with Crippen molar-refractivity contribution in [1.82, 2.24) is 30.5 Å². The minimum Gasteiger partial charge on any atom is -0.371 e. The summed E-state index contributed by atoms with van der Waals surface area (Å²) in [6.45, 7) is 3.16. The summed E-state index contributed by atoms with van der Waals surface area (Å²) in [4.78, 5) is 2.47.